The lowest BCUT2D eigenvalue weighted by Gasteiger charge is -2.25. The number of carbonyl (C=O) groups excluding carboxylic acids is 3. The zero-order chi connectivity index (χ0) is 22.8. The zero-order valence-corrected chi connectivity index (χ0v) is 18.6. The highest BCUT2D eigenvalue weighted by molar-refractivity contribution is 5.95. The Balaban J connectivity index is 1.90. The predicted molar refractivity (Wildman–Crippen MR) is 124 cm³/mol. The fourth-order valence-corrected chi connectivity index (χ4v) is 3.30. The number of likely N-dealkylation sites (N-methyl/N-ethyl adjacent to an activating group) is 1. The smallest absolute Gasteiger partial charge is 0.243 e. The molecule has 7 nitrogen and oxygen atoms in total. The van der Waals surface area contributed by atoms with Gasteiger partial charge in [0.05, 0.1) is 13.1 Å². The summed E-state index contributed by atoms with van der Waals surface area (Å²) in [5.41, 5.74) is 2.39. The molecular weight excluding hydrogens is 392 g/mol. The minimum Gasteiger partial charge on any atom is -0.333 e. The van der Waals surface area contributed by atoms with Crippen molar-refractivity contribution in [3.8, 4) is 0 Å². The molecule has 0 aliphatic rings. The molecule has 166 valence electrons. The van der Waals surface area contributed by atoms with E-state index in [1.165, 1.54) is 11.8 Å². The highest BCUT2D eigenvalue weighted by Crippen LogP contribution is 2.21. The summed E-state index contributed by atoms with van der Waals surface area (Å²) in [7, 11) is 0. The van der Waals surface area contributed by atoms with Gasteiger partial charge in [0.15, 0.2) is 0 Å². The summed E-state index contributed by atoms with van der Waals surface area (Å²) in [5.74, 6) is -0.241. The third kappa shape index (κ3) is 7.86. The SMILES string of the molecule is CCN(CC(=O)Nc1ccc(NC(C)=O)cc1)C(=O)CN[C@H](c1ccccc1)C(C)C. The van der Waals surface area contributed by atoms with Gasteiger partial charge in [0.25, 0.3) is 0 Å². The van der Waals surface area contributed by atoms with E-state index in [2.05, 4.69) is 29.8 Å². The van der Waals surface area contributed by atoms with Crippen molar-refractivity contribution in [2.75, 3.05) is 30.3 Å². The number of carbonyl (C=O) groups is 3. The van der Waals surface area contributed by atoms with Crippen LogP contribution in [0.2, 0.25) is 0 Å². The van der Waals surface area contributed by atoms with Crippen molar-refractivity contribution in [3.63, 3.8) is 0 Å². The van der Waals surface area contributed by atoms with Gasteiger partial charge in [-0.2, -0.15) is 0 Å². The lowest BCUT2D eigenvalue weighted by Crippen LogP contribution is -2.43. The standard InChI is InChI=1S/C24H32N4O3/c1-5-28(16-22(30)27-21-13-11-20(12-14-21)26-18(4)29)23(31)15-25-24(17(2)3)19-9-7-6-8-10-19/h6-14,17,24-25H,5,15-16H2,1-4H3,(H,26,29)(H,27,30)/t24-/m0/s1. The van der Waals surface area contributed by atoms with Gasteiger partial charge in [-0.15, -0.1) is 0 Å². The summed E-state index contributed by atoms with van der Waals surface area (Å²) < 4.78 is 0. The van der Waals surface area contributed by atoms with E-state index in [9.17, 15) is 14.4 Å². The van der Waals surface area contributed by atoms with Crippen LogP contribution in [-0.4, -0.2) is 42.3 Å². The van der Waals surface area contributed by atoms with E-state index in [1.54, 1.807) is 24.3 Å². The summed E-state index contributed by atoms with van der Waals surface area (Å²) in [6.45, 7) is 8.07. The molecule has 3 N–H and O–H groups in total. The molecule has 0 aromatic heterocycles. The number of nitrogens with one attached hydrogen (secondary N) is 3. The van der Waals surface area contributed by atoms with Crippen LogP contribution in [0.3, 0.4) is 0 Å². The fraction of sp³-hybridized carbons (Fsp3) is 0.375. The van der Waals surface area contributed by atoms with Gasteiger partial charge in [0.1, 0.15) is 0 Å². The summed E-state index contributed by atoms with van der Waals surface area (Å²) >= 11 is 0. The van der Waals surface area contributed by atoms with Crippen LogP contribution in [-0.2, 0) is 14.4 Å². The molecule has 2 aromatic rings. The summed E-state index contributed by atoms with van der Waals surface area (Å²) in [6.07, 6.45) is 0. The lowest BCUT2D eigenvalue weighted by molar-refractivity contribution is -0.133. The Morgan fingerprint density at radius 3 is 2.00 bits per heavy atom. The number of amides is 3. The van der Waals surface area contributed by atoms with Crippen molar-refractivity contribution in [1.82, 2.24) is 10.2 Å². The molecular formula is C24H32N4O3. The Labute approximate surface area is 184 Å². The van der Waals surface area contributed by atoms with Crippen LogP contribution in [0.4, 0.5) is 11.4 Å². The number of hydrogen-bond acceptors (Lipinski definition) is 4. The van der Waals surface area contributed by atoms with Crippen LogP contribution in [0.1, 0.15) is 39.3 Å². The quantitative estimate of drug-likeness (QED) is 0.545. The molecule has 0 saturated heterocycles. The van der Waals surface area contributed by atoms with Crippen molar-refractivity contribution in [2.45, 2.75) is 33.7 Å². The van der Waals surface area contributed by atoms with Crippen LogP contribution in [0.15, 0.2) is 54.6 Å². The van der Waals surface area contributed by atoms with Crippen molar-refractivity contribution < 1.29 is 14.4 Å². The lowest BCUT2D eigenvalue weighted by atomic mass is 9.96. The first-order valence-electron chi connectivity index (χ1n) is 10.5. The second-order valence-corrected chi connectivity index (χ2v) is 7.73. The van der Waals surface area contributed by atoms with E-state index < -0.39 is 0 Å². The van der Waals surface area contributed by atoms with Crippen LogP contribution in [0, 0.1) is 5.92 Å². The van der Waals surface area contributed by atoms with Crippen LogP contribution in [0.5, 0.6) is 0 Å². The number of nitrogens with zero attached hydrogens (tertiary/aromatic N) is 1. The molecule has 31 heavy (non-hydrogen) atoms. The molecule has 1 atom stereocenters. The second kappa shape index (κ2) is 11.9. The maximum atomic E-state index is 12.7. The topological polar surface area (TPSA) is 90.5 Å². The predicted octanol–water partition coefficient (Wildman–Crippen LogP) is 3.42. The summed E-state index contributed by atoms with van der Waals surface area (Å²) in [4.78, 5) is 37.7. The Hall–Kier alpha value is -3.19. The summed E-state index contributed by atoms with van der Waals surface area (Å²) in [6, 6.07) is 16.9. The number of hydrogen-bond donors (Lipinski definition) is 3. The molecule has 0 aliphatic carbocycles. The third-order valence-electron chi connectivity index (χ3n) is 4.86. The largest absolute Gasteiger partial charge is 0.333 e. The molecule has 2 rings (SSSR count). The zero-order valence-electron chi connectivity index (χ0n) is 18.6. The first-order chi connectivity index (χ1) is 14.8. The van der Waals surface area contributed by atoms with Gasteiger partial charge >= 0.3 is 0 Å². The molecule has 0 fully saturated rings. The Morgan fingerprint density at radius 1 is 0.903 bits per heavy atom. The third-order valence-corrected chi connectivity index (χ3v) is 4.86. The first kappa shape index (κ1) is 24.1. The molecule has 0 spiro atoms. The Kier molecular flexibility index (Phi) is 9.21. The van der Waals surface area contributed by atoms with Crippen LogP contribution < -0.4 is 16.0 Å². The fourth-order valence-electron chi connectivity index (χ4n) is 3.30. The van der Waals surface area contributed by atoms with Gasteiger partial charge in [-0.1, -0.05) is 44.2 Å². The van der Waals surface area contributed by atoms with Gasteiger partial charge in [0, 0.05) is 30.9 Å². The van der Waals surface area contributed by atoms with E-state index in [1.807, 2.05) is 37.3 Å². The van der Waals surface area contributed by atoms with Gasteiger partial charge < -0.3 is 20.9 Å². The molecule has 0 radical (unpaired) electrons. The van der Waals surface area contributed by atoms with Gasteiger partial charge in [0.2, 0.25) is 17.7 Å². The van der Waals surface area contributed by atoms with E-state index in [4.69, 9.17) is 0 Å². The van der Waals surface area contributed by atoms with E-state index >= 15 is 0 Å². The maximum absolute atomic E-state index is 12.7. The average molecular weight is 425 g/mol. The van der Waals surface area contributed by atoms with Gasteiger partial charge in [-0.05, 0) is 42.7 Å². The van der Waals surface area contributed by atoms with Crippen LogP contribution in [0.25, 0.3) is 0 Å². The van der Waals surface area contributed by atoms with Crippen molar-refractivity contribution in [2.24, 2.45) is 5.92 Å². The molecule has 0 aliphatic heterocycles. The highest BCUT2D eigenvalue weighted by Gasteiger charge is 2.20. The van der Waals surface area contributed by atoms with E-state index in [-0.39, 0.29) is 36.9 Å². The normalized spacial score (nSPS) is 11.6. The van der Waals surface area contributed by atoms with Crippen molar-refractivity contribution in [3.05, 3.63) is 60.2 Å². The van der Waals surface area contributed by atoms with Crippen molar-refractivity contribution in [1.29, 1.82) is 0 Å². The maximum Gasteiger partial charge on any atom is 0.243 e. The molecule has 3 amide bonds. The highest BCUT2D eigenvalue weighted by atomic mass is 16.2. The minimum absolute atomic E-state index is 0.0257. The molecule has 7 heteroatoms. The second-order valence-electron chi connectivity index (χ2n) is 7.73. The molecule has 0 saturated carbocycles. The first-order valence-corrected chi connectivity index (χ1v) is 10.5. The summed E-state index contributed by atoms with van der Waals surface area (Å²) in [5, 5.41) is 8.80. The van der Waals surface area contributed by atoms with E-state index in [0.29, 0.717) is 23.8 Å². The average Bonchev–Trinajstić information content (AvgIpc) is 2.73. The van der Waals surface area contributed by atoms with Gasteiger partial charge in [-0.25, -0.2) is 0 Å². The minimum atomic E-state index is -0.272. The number of rotatable bonds is 10. The molecule has 0 unspecified atom stereocenters. The molecule has 0 heterocycles. The number of anilines is 2. The van der Waals surface area contributed by atoms with Crippen molar-refractivity contribution >= 4 is 29.1 Å². The van der Waals surface area contributed by atoms with E-state index in [0.717, 1.165) is 5.56 Å². The number of benzene rings is 2. The molecule has 2 aromatic carbocycles. The Bertz CT molecular complexity index is 866. The molecule has 0 bridgehead atoms. The van der Waals surface area contributed by atoms with Gasteiger partial charge in [-0.3, -0.25) is 14.4 Å². The monoisotopic (exact) mass is 424 g/mol. The van der Waals surface area contributed by atoms with Crippen LogP contribution >= 0.6 is 0 Å². The Morgan fingerprint density at radius 2 is 1.48 bits per heavy atom.